The lowest BCUT2D eigenvalue weighted by Gasteiger charge is -2.15. The van der Waals surface area contributed by atoms with Gasteiger partial charge >= 0.3 is 5.76 Å². The third-order valence-electron chi connectivity index (χ3n) is 3.08. The Hall–Kier alpha value is -1.55. The van der Waals surface area contributed by atoms with E-state index in [-0.39, 0.29) is 11.8 Å². The van der Waals surface area contributed by atoms with Crippen LogP contribution in [0.2, 0.25) is 0 Å². The first kappa shape index (κ1) is 11.9. The van der Waals surface area contributed by atoms with Crippen molar-refractivity contribution in [3.63, 3.8) is 0 Å². The Morgan fingerprint density at radius 1 is 1.41 bits per heavy atom. The second kappa shape index (κ2) is 5.19. The summed E-state index contributed by atoms with van der Waals surface area (Å²) in [6, 6.07) is 7.77. The zero-order chi connectivity index (χ0) is 12.3. The molecule has 0 aliphatic rings. The van der Waals surface area contributed by atoms with Crippen LogP contribution in [0.15, 0.2) is 33.5 Å². The molecule has 0 spiro atoms. The van der Waals surface area contributed by atoms with E-state index in [1.54, 1.807) is 4.57 Å². The monoisotopic (exact) mass is 234 g/mol. The molecule has 0 amide bonds. The van der Waals surface area contributed by atoms with Crippen LogP contribution in [0.4, 0.5) is 0 Å². The van der Waals surface area contributed by atoms with Crippen LogP contribution in [0.3, 0.4) is 0 Å². The molecule has 1 unspecified atom stereocenters. The summed E-state index contributed by atoms with van der Waals surface area (Å²) >= 11 is 0. The van der Waals surface area contributed by atoms with Crippen LogP contribution < -0.4 is 11.1 Å². The van der Waals surface area contributed by atoms with Gasteiger partial charge in [-0.15, -0.1) is 0 Å². The molecule has 0 aliphatic heterocycles. The summed E-state index contributed by atoms with van der Waals surface area (Å²) < 4.78 is 7.02. The molecule has 0 saturated carbocycles. The van der Waals surface area contributed by atoms with Crippen LogP contribution >= 0.6 is 0 Å². The normalized spacial score (nSPS) is 13.1. The molecular formula is C13H18N2O2. The maximum Gasteiger partial charge on any atom is 0.420 e. The maximum absolute atomic E-state index is 11.9. The van der Waals surface area contributed by atoms with E-state index in [0.29, 0.717) is 5.58 Å². The minimum atomic E-state index is -0.255. The fourth-order valence-corrected chi connectivity index (χ4v) is 2.16. The first-order valence-electron chi connectivity index (χ1n) is 6.02. The van der Waals surface area contributed by atoms with Crippen LogP contribution in [-0.4, -0.2) is 18.2 Å². The van der Waals surface area contributed by atoms with Gasteiger partial charge in [0, 0.05) is 6.04 Å². The molecule has 17 heavy (non-hydrogen) atoms. The number of hydrogen-bond acceptors (Lipinski definition) is 3. The molecule has 1 aromatic heterocycles. The average Bonchev–Trinajstić information content (AvgIpc) is 2.67. The van der Waals surface area contributed by atoms with Crippen molar-refractivity contribution in [3.05, 3.63) is 34.8 Å². The second-order valence-electron chi connectivity index (χ2n) is 4.16. The highest BCUT2D eigenvalue weighted by Crippen LogP contribution is 2.20. The minimum Gasteiger partial charge on any atom is -0.408 e. The number of para-hydroxylation sites is 2. The third kappa shape index (κ3) is 2.26. The Morgan fingerprint density at radius 3 is 2.88 bits per heavy atom. The Bertz CT molecular complexity index is 542. The first-order valence-corrected chi connectivity index (χ1v) is 6.02. The van der Waals surface area contributed by atoms with E-state index in [1.807, 2.05) is 31.3 Å². The fraction of sp³-hybridized carbons (Fsp3) is 0.462. The van der Waals surface area contributed by atoms with E-state index in [9.17, 15) is 4.79 Å². The van der Waals surface area contributed by atoms with Crippen molar-refractivity contribution in [3.8, 4) is 0 Å². The van der Waals surface area contributed by atoms with Crippen LogP contribution in [0.1, 0.15) is 25.8 Å². The molecule has 0 bridgehead atoms. The largest absolute Gasteiger partial charge is 0.420 e. The molecule has 4 heteroatoms. The lowest BCUT2D eigenvalue weighted by Crippen LogP contribution is -2.23. The van der Waals surface area contributed by atoms with Crippen molar-refractivity contribution in [1.82, 2.24) is 9.88 Å². The van der Waals surface area contributed by atoms with Gasteiger partial charge in [-0.2, -0.15) is 0 Å². The lowest BCUT2D eigenvalue weighted by molar-refractivity contribution is 0.405. The van der Waals surface area contributed by atoms with Gasteiger partial charge in [0.1, 0.15) is 0 Å². The number of fused-ring (bicyclic) bond motifs is 1. The highest BCUT2D eigenvalue weighted by molar-refractivity contribution is 5.72. The maximum atomic E-state index is 11.9. The quantitative estimate of drug-likeness (QED) is 0.862. The summed E-state index contributed by atoms with van der Waals surface area (Å²) in [7, 11) is 1.92. The van der Waals surface area contributed by atoms with Gasteiger partial charge < -0.3 is 9.73 Å². The Labute approximate surface area is 100 Å². The van der Waals surface area contributed by atoms with Crippen LogP contribution in [0, 0.1) is 0 Å². The van der Waals surface area contributed by atoms with Gasteiger partial charge in [0.2, 0.25) is 0 Å². The first-order chi connectivity index (χ1) is 8.27. The summed E-state index contributed by atoms with van der Waals surface area (Å²) in [5.74, 6) is -0.255. The summed E-state index contributed by atoms with van der Waals surface area (Å²) in [5, 5.41) is 3.12. The second-order valence-corrected chi connectivity index (χ2v) is 4.16. The minimum absolute atomic E-state index is 0.193. The summed E-state index contributed by atoms with van der Waals surface area (Å²) in [4.78, 5) is 11.9. The Balaban J connectivity index is 2.45. The highest BCUT2D eigenvalue weighted by atomic mass is 16.4. The molecule has 92 valence electrons. The zero-order valence-corrected chi connectivity index (χ0v) is 10.3. The van der Waals surface area contributed by atoms with Crippen molar-refractivity contribution in [1.29, 1.82) is 0 Å². The average molecular weight is 234 g/mol. The highest BCUT2D eigenvalue weighted by Gasteiger charge is 2.16. The number of aromatic nitrogens is 1. The number of hydrogen-bond donors (Lipinski definition) is 1. The topological polar surface area (TPSA) is 47.2 Å². The van der Waals surface area contributed by atoms with E-state index in [4.69, 9.17) is 4.42 Å². The molecule has 4 nitrogen and oxygen atoms in total. The number of nitrogens with zero attached hydrogens (tertiary/aromatic N) is 1. The Morgan fingerprint density at radius 2 is 2.18 bits per heavy atom. The van der Waals surface area contributed by atoms with Crippen molar-refractivity contribution in [2.24, 2.45) is 0 Å². The number of benzene rings is 1. The molecule has 0 fully saturated rings. The summed E-state index contributed by atoms with van der Waals surface area (Å²) in [6.07, 6.45) is 1.85. The smallest absolute Gasteiger partial charge is 0.408 e. The van der Waals surface area contributed by atoms with Gasteiger partial charge in [-0.05, 0) is 38.6 Å². The number of rotatable bonds is 5. The van der Waals surface area contributed by atoms with E-state index < -0.39 is 0 Å². The molecule has 1 heterocycles. The van der Waals surface area contributed by atoms with Gasteiger partial charge in [-0.1, -0.05) is 19.1 Å². The van der Waals surface area contributed by atoms with Crippen molar-refractivity contribution < 1.29 is 4.42 Å². The molecule has 1 aromatic carbocycles. The van der Waals surface area contributed by atoms with Gasteiger partial charge in [-0.3, -0.25) is 4.57 Å². The van der Waals surface area contributed by atoms with Crippen LogP contribution in [0.25, 0.3) is 11.1 Å². The predicted molar refractivity (Wildman–Crippen MR) is 68.3 cm³/mol. The van der Waals surface area contributed by atoms with Crippen LogP contribution in [0.5, 0.6) is 0 Å². The van der Waals surface area contributed by atoms with Crippen molar-refractivity contribution >= 4 is 11.1 Å². The third-order valence-corrected chi connectivity index (χ3v) is 3.08. The van der Waals surface area contributed by atoms with Crippen LogP contribution in [-0.2, 0) is 0 Å². The lowest BCUT2D eigenvalue weighted by atomic mass is 10.1. The Kier molecular flexibility index (Phi) is 3.64. The number of nitrogens with one attached hydrogen (secondary N) is 1. The zero-order valence-electron chi connectivity index (χ0n) is 10.3. The molecule has 1 N–H and O–H groups in total. The van der Waals surface area contributed by atoms with Gasteiger partial charge in [-0.25, -0.2) is 4.79 Å². The molecule has 0 saturated heterocycles. The van der Waals surface area contributed by atoms with Crippen molar-refractivity contribution in [2.75, 3.05) is 13.6 Å². The molecule has 2 rings (SSSR count). The molecular weight excluding hydrogens is 216 g/mol. The van der Waals surface area contributed by atoms with Gasteiger partial charge in [0.15, 0.2) is 5.58 Å². The SMILES string of the molecule is CCC(CCNC)n1c(=O)oc2ccccc21. The summed E-state index contributed by atoms with van der Waals surface area (Å²) in [6.45, 7) is 2.99. The molecule has 2 aromatic rings. The van der Waals surface area contributed by atoms with E-state index in [2.05, 4.69) is 12.2 Å². The van der Waals surface area contributed by atoms with E-state index in [0.717, 1.165) is 24.9 Å². The predicted octanol–water partition coefficient (Wildman–Crippen LogP) is 2.16. The van der Waals surface area contributed by atoms with Gasteiger partial charge in [0.25, 0.3) is 0 Å². The molecule has 1 atom stereocenters. The van der Waals surface area contributed by atoms with E-state index in [1.165, 1.54) is 0 Å². The molecule has 0 aliphatic carbocycles. The molecule has 0 radical (unpaired) electrons. The standard InChI is InChI=1S/C13H18N2O2/c1-3-10(8-9-14-2)15-11-6-4-5-7-12(11)17-13(15)16/h4-7,10,14H,3,8-9H2,1-2H3. The van der Waals surface area contributed by atoms with Crippen molar-refractivity contribution in [2.45, 2.75) is 25.8 Å². The van der Waals surface area contributed by atoms with Gasteiger partial charge in [0.05, 0.1) is 5.52 Å². The fourth-order valence-electron chi connectivity index (χ4n) is 2.16. The van der Waals surface area contributed by atoms with E-state index >= 15 is 0 Å². The number of oxazole rings is 1. The summed E-state index contributed by atoms with van der Waals surface area (Å²) in [5.41, 5.74) is 1.56.